The first kappa shape index (κ1) is 50.9. The molecule has 0 N–H and O–H groups in total. The molecule has 0 saturated carbocycles. The molecule has 0 bridgehead atoms. The van der Waals surface area contributed by atoms with Crippen molar-refractivity contribution in [3.8, 4) is 17.2 Å². The minimum absolute atomic E-state index is 0.212. The van der Waals surface area contributed by atoms with E-state index in [9.17, 15) is 0 Å². The van der Waals surface area contributed by atoms with Gasteiger partial charge in [-0.05, 0) is 68.4 Å². The van der Waals surface area contributed by atoms with Crippen molar-refractivity contribution in [1.29, 1.82) is 0 Å². The third-order valence-electron chi connectivity index (χ3n) is 10.8. The van der Waals surface area contributed by atoms with E-state index in [1.807, 2.05) is 0 Å². The second-order valence-electron chi connectivity index (χ2n) is 23.0. The maximum Gasteiger partial charge on any atom is 0.413 e. The van der Waals surface area contributed by atoms with Gasteiger partial charge in [-0.15, -0.1) is 0 Å². The van der Waals surface area contributed by atoms with Gasteiger partial charge in [-0.25, -0.2) is 12.9 Å². The van der Waals surface area contributed by atoms with Crippen molar-refractivity contribution in [2.24, 2.45) is 0 Å². The highest BCUT2D eigenvalue weighted by molar-refractivity contribution is 7.69. The lowest BCUT2D eigenvalue weighted by Gasteiger charge is -2.37. The predicted molar refractivity (Wildman–Crippen MR) is 259 cm³/mol. The van der Waals surface area contributed by atoms with E-state index in [-0.39, 0.29) is 32.5 Å². The largest absolute Gasteiger partial charge is 0.426 e. The van der Waals surface area contributed by atoms with Crippen LogP contribution in [0.25, 0.3) is 0 Å². The van der Waals surface area contributed by atoms with Crippen molar-refractivity contribution in [2.75, 3.05) is 0 Å². The Kier molecular flexibility index (Phi) is 16.2. The van der Waals surface area contributed by atoms with Crippen molar-refractivity contribution >= 4 is 25.8 Å². The Morgan fingerprint density at radius 1 is 0.333 bits per heavy atom. The molecule has 6 nitrogen and oxygen atoms in total. The fourth-order valence-electron chi connectivity index (χ4n) is 7.53. The van der Waals surface area contributed by atoms with E-state index in [0.717, 1.165) is 89.2 Å². The summed E-state index contributed by atoms with van der Waals surface area (Å²) >= 11 is 0. The first-order valence-electron chi connectivity index (χ1n) is 22.4. The van der Waals surface area contributed by atoms with E-state index in [1.165, 1.54) is 16.7 Å². The number of hydrogen-bond donors (Lipinski definition) is 0. The molecule has 1 fully saturated rings. The molecule has 3 aromatic rings. The summed E-state index contributed by atoms with van der Waals surface area (Å²) in [7, 11) is -6.17. The van der Waals surface area contributed by atoms with Crippen molar-refractivity contribution in [3.05, 3.63) is 86.5 Å². The van der Waals surface area contributed by atoms with E-state index in [2.05, 4.69) is 182 Å². The van der Waals surface area contributed by atoms with Gasteiger partial charge in [0.2, 0.25) is 0 Å². The smallest absolute Gasteiger partial charge is 0.413 e. The molecule has 0 spiro atoms. The van der Waals surface area contributed by atoms with Crippen LogP contribution in [-0.2, 0) is 64.7 Å². The zero-order chi connectivity index (χ0) is 45.4. The van der Waals surface area contributed by atoms with Crippen molar-refractivity contribution in [2.45, 2.75) is 216 Å². The first-order valence-corrected chi connectivity index (χ1v) is 25.7. The highest BCUT2D eigenvalue weighted by Gasteiger charge is 2.45. The molecular formula is C51H81O6P3. The summed E-state index contributed by atoms with van der Waals surface area (Å²) in [6.07, 6.45) is 6.16. The summed E-state index contributed by atoms with van der Waals surface area (Å²) in [5.74, 6) is 2.41. The van der Waals surface area contributed by atoms with Crippen LogP contribution in [0.4, 0.5) is 0 Å². The molecule has 0 unspecified atom stereocenters. The predicted octanol–water partition coefficient (Wildman–Crippen LogP) is 17.6. The zero-order valence-electron chi connectivity index (χ0n) is 41.5. The van der Waals surface area contributed by atoms with Crippen LogP contribution >= 0.6 is 25.8 Å². The van der Waals surface area contributed by atoms with Gasteiger partial charge in [-0.1, -0.05) is 201 Å². The van der Waals surface area contributed by atoms with Gasteiger partial charge in [0.25, 0.3) is 0 Å². The number of rotatable bonds is 12. The summed E-state index contributed by atoms with van der Waals surface area (Å²) in [5, 5.41) is 0. The standard InChI is InChI=1S/C51H81O6P3/c1-22-25-34-28-37(46(4,5)6)43(38(29-34)47(7,8)9)52-58-55-59(53-44-39(48(10,11)12)30-35(26-23-2)31-40(44)49(13,14)15)57-60(56-58)54-45-41(50(16,17)18)32-36(27-24-3)33-42(45)51(19,20)21/h28-33H,22-27H2,1-21H3. The highest BCUT2D eigenvalue weighted by atomic mass is 31.3. The van der Waals surface area contributed by atoms with Gasteiger partial charge in [0, 0.05) is 33.4 Å². The lowest BCUT2D eigenvalue weighted by atomic mass is 9.78. The van der Waals surface area contributed by atoms with Gasteiger partial charge in [0.15, 0.2) is 0 Å². The molecule has 336 valence electrons. The fourth-order valence-corrected chi connectivity index (χ4v) is 11.8. The zero-order valence-corrected chi connectivity index (χ0v) is 44.2. The Hall–Kier alpha value is -1.77. The van der Waals surface area contributed by atoms with Crippen molar-refractivity contribution in [3.63, 3.8) is 0 Å². The van der Waals surface area contributed by atoms with Gasteiger partial charge < -0.3 is 13.6 Å². The SMILES string of the molecule is CCCc1cc(C(C)(C)C)c(OP2OP(Oc3c(C(C)(C)C)cc(CCC)cc3C(C)(C)C)OP(Oc3c(C(C)(C)C)cc(CCC)cc3C(C)(C)C)O2)c(C(C)(C)C)c1. The van der Waals surface area contributed by atoms with Crippen LogP contribution in [0.1, 0.15) is 215 Å². The number of aryl methyl sites for hydroxylation is 3. The van der Waals surface area contributed by atoms with E-state index in [1.54, 1.807) is 0 Å². The molecule has 9 heteroatoms. The topological polar surface area (TPSA) is 55.4 Å². The third kappa shape index (κ3) is 12.9. The van der Waals surface area contributed by atoms with Crippen LogP contribution < -0.4 is 13.6 Å². The summed E-state index contributed by atoms with van der Waals surface area (Å²) in [6.45, 7) is 47.1. The normalized spacial score (nSPS) is 18.4. The van der Waals surface area contributed by atoms with E-state index in [4.69, 9.17) is 26.5 Å². The van der Waals surface area contributed by atoms with Crippen LogP contribution in [-0.4, -0.2) is 0 Å². The van der Waals surface area contributed by atoms with E-state index in [0.29, 0.717) is 0 Å². The minimum Gasteiger partial charge on any atom is -0.426 e. The Morgan fingerprint density at radius 2 is 0.500 bits per heavy atom. The monoisotopic (exact) mass is 883 g/mol. The first-order chi connectivity index (χ1) is 27.4. The van der Waals surface area contributed by atoms with Crippen LogP contribution in [0.2, 0.25) is 0 Å². The Labute approximate surface area is 371 Å². The third-order valence-corrected chi connectivity index (χ3v) is 15.0. The Bertz CT molecular complexity index is 1600. The van der Waals surface area contributed by atoms with Gasteiger partial charge in [0.1, 0.15) is 17.2 Å². The summed E-state index contributed by atoms with van der Waals surface area (Å²) in [5.41, 5.74) is 9.42. The van der Waals surface area contributed by atoms with Gasteiger partial charge in [-0.3, -0.25) is 0 Å². The van der Waals surface area contributed by atoms with Crippen molar-refractivity contribution < 1.29 is 26.5 Å². The molecule has 1 saturated heterocycles. The molecule has 4 rings (SSSR count). The summed E-state index contributed by atoms with van der Waals surface area (Å²) < 4.78 is 41.9. The molecule has 0 aliphatic carbocycles. The molecule has 60 heavy (non-hydrogen) atoms. The van der Waals surface area contributed by atoms with Gasteiger partial charge >= 0.3 is 25.8 Å². The van der Waals surface area contributed by atoms with Gasteiger partial charge in [-0.2, -0.15) is 0 Å². The molecule has 0 atom stereocenters. The maximum atomic E-state index is 7.14. The molecule has 0 aromatic heterocycles. The number of hydrogen-bond acceptors (Lipinski definition) is 6. The van der Waals surface area contributed by atoms with E-state index >= 15 is 0 Å². The molecule has 0 amide bonds. The minimum atomic E-state index is -2.06. The van der Waals surface area contributed by atoms with Crippen LogP contribution in [0.15, 0.2) is 36.4 Å². The summed E-state index contributed by atoms with van der Waals surface area (Å²) in [4.78, 5) is 0. The number of benzene rings is 3. The van der Waals surface area contributed by atoms with Crippen molar-refractivity contribution in [1.82, 2.24) is 0 Å². The lowest BCUT2D eigenvalue weighted by Crippen LogP contribution is -2.22. The lowest BCUT2D eigenvalue weighted by molar-refractivity contribution is 0.271. The highest BCUT2D eigenvalue weighted by Crippen LogP contribution is 2.73. The van der Waals surface area contributed by atoms with E-state index < -0.39 is 25.8 Å². The molecule has 1 aliphatic heterocycles. The fraction of sp³-hybridized carbons (Fsp3) is 0.647. The Morgan fingerprint density at radius 3 is 0.633 bits per heavy atom. The molecular weight excluding hydrogens is 801 g/mol. The average molecular weight is 883 g/mol. The quantitative estimate of drug-likeness (QED) is 0.169. The average Bonchev–Trinajstić information content (AvgIpc) is 3.07. The Balaban J connectivity index is 1.97. The second-order valence-corrected chi connectivity index (χ2v) is 26.8. The second kappa shape index (κ2) is 19.1. The summed E-state index contributed by atoms with van der Waals surface area (Å²) in [6, 6.07) is 13.9. The van der Waals surface area contributed by atoms with Crippen LogP contribution in [0.3, 0.4) is 0 Å². The van der Waals surface area contributed by atoms with Crippen LogP contribution in [0, 0.1) is 0 Å². The maximum absolute atomic E-state index is 7.14. The molecule has 0 radical (unpaired) electrons. The molecule has 1 aliphatic rings. The molecule has 1 heterocycles. The molecule has 3 aromatic carbocycles. The van der Waals surface area contributed by atoms with Crippen LogP contribution in [0.5, 0.6) is 17.2 Å². The van der Waals surface area contributed by atoms with Gasteiger partial charge in [0.05, 0.1) is 0 Å².